The number of halogens is 1. The lowest BCUT2D eigenvalue weighted by Crippen LogP contribution is -1.78. The maximum absolute atomic E-state index is 5.41. The normalized spacial score (nSPS) is 12.3. The highest BCUT2D eigenvalue weighted by Gasteiger charge is 2.00. The van der Waals surface area contributed by atoms with Gasteiger partial charge in [0.1, 0.15) is 8.11 Å². The van der Waals surface area contributed by atoms with E-state index in [1.54, 1.807) is 0 Å². The first-order valence-electron chi connectivity index (χ1n) is 4.58. The Labute approximate surface area is 86.6 Å². The van der Waals surface area contributed by atoms with Gasteiger partial charge in [0.25, 0.3) is 0 Å². The predicted molar refractivity (Wildman–Crippen MR) is 63.9 cm³/mol. The molecule has 0 saturated carbocycles. The quantitative estimate of drug-likeness (QED) is 0.455. The van der Waals surface area contributed by atoms with Crippen LogP contribution in [0.2, 0.25) is 13.1 Å². The van der Waals surface area contributed by atoms with E-state index in [4.69, 9.17) is 11.1 Å². The van der Waals surface area contributed by atoms with Gasteiger partial charge in [-0.15, -0.1) is 0 Å². The summed E-state index contributed by atoms with van der Waals surface area (Å²) in [7, 11) is -0.667. The molecule has 70 valence electrons. The lowest BCUT2D eigenvalue weighted by atomic mass is 10.1. The van der Waals surface area contributed by atoms with Gasteiger partial charge in [-0.1, -0.05) is 49.5 Å². The summed E-state index contributed by atoms with van der Waals surface area (Å²) in [5, 5.41) is 0. The maximum Gasteiger partial charge on any atom is 0.134 e. The SMILES string of the molecule is C1=Cc2ccccc2C1.C[SiH](C)Cl. The first-order chi connectivity index (χ1) is 6.20. The van der Waals surface area contributed by atoms with Crippen molar-refractivity contribution in [3.8, 4) is 0 Å². The number of hydrogen-bond donors (Lipinski definition) is 0. The molecular weight excluding hydrogens is 196 g/mol. The van der Waals surface area contributed by atoms with Gasteiger partial charge in [-0.05, 0) is 17.5 Å². The zero-order chi connectivity index (χ0) is 9.68. The van der Waals surface area contributed by atoms with Gasteiger partial charge in [0.2, 0.25) is 0 Å². The Hall–Kier alpha value is -0.533. The van der Waals surface area contributed by atoms with Crippen molar-refractivity contribution in [2.24, 2.45) is 0 Å². The Morgan fingerprint density at radius 1 is 1.23 bits per heavy atom. The van der Waals surface area contributed by atoms with E-state index in [-0.39, 0.29) is 0 Å². The van der Waals surface area contributed by atoms with Crippen LogP contribution < -0.4 is 0 Å². The van der Waals surface area contributed by atoms with E-state index in [0.717, 1.165) is 6.42 Å². The second-order valence-corrected chi connectivity index (χ2v) is 7.97. The number of allylic oxidation sites excluding steroid dienone is 1. The van der Waals surface area contributed by atoms with Crippen molar-refractivity contribution < 1.29 is 0 Å². The zero-order valence-electron chi connectivity index (χ0n) is 8.13. The van der Waals surface area contributed by atoms with Crippen LogP contribution in [0.15, 0.2) is 30.3 Å². The first kappa shape index (κ1) is 10.5. The third-order valence-electron chi connectivity index (χ3n) is 1.69. The van der Waals surface area contributed by atoms with E-state index in [2.05, 4.69) is 49.5 Å². The molecular formula is C11H15ClSi. The van der Waals surface area contributed by atoms with E-state index in [9.17, 15) is 0 Å². The predicted octanol–water partition coefficient (Wildman–Crippen LogP) is 3.46. The summed E-state index contributed by atoms with van der Waals surface area (Å²) < 4.78 is 0. The molecule has 0 nitrogen and oxygen atoms in total. The minimum atomic E-state index is -0.667. The van der Waals surface area contributed by atoms with Crippen LogP contribution in [-0.2, 0) is 6.42 Å². The lowest BCUT2D eigenvalue weighted by Gasteiger charge is -1.93. The van der Waals surface area contributed by atoms with Crippen molar-refractivity contribution >= 4 is 25.3 Å². The largest absolute Gasteiger partial charge is 0.172 e. The third-order valence-corrected chi connectivity index (χ3v) is 1.69. The average Bonchev–Trinajstić information content (AvgIpc) is 2.49. The second kappa shape index (κ2) is 5.25. The summed E-state index contributed by atoms with van der Waals surface area (Å²) in [6.45, 7) is 4.14. The molecule has 0 unspecified atom stereocenters. The Bertz CT molecular complexity index is 289. The van der Waals surface area contributed by atoms with Crippen molar-refractivity contribution in [3.05, 3.63) is 41.5 Å². The molecule has 0 aromatic heterocycles. The maximum atomic E-state index is 5.41. The van der Waals surface area contributed by atoms with Crippen molar-refractivity contribution in [1.29, 1.82) is 0 Å². The summed E-state index contributed by atoms with van der Waals surface area (Å²) in [5.41, 5.74) is 2.84. The minimum absolute atomic E-state index is 0.667. The highest BCUT2D eigenvalue weighted by atomic mass is 35.6. The molecule has 0 atom stereocenters. The van der Waals surface area contributed by atoms with E-state index < -0.39 is 8.11 Å². The Morgan fingerprint density at radius 2 is 1.85 bits per heavy atom. The molecule has 0 heterocycles. The molecule has 0 radical (unpaired) electrons. The molecule has 2 heteroatoms. The van der Waals surface area contributed by atoms with E-state index in [1.807, 2.05) is 0 Å². The molecule has 1 aliphatic rings. The van der Waals surface area contributed by atoms with Crippen LogP contribution in [-0.4, -0.2) is 8.11 Å². The van der Waals surface area contributed by atoms with Gasteiger partial charge < -0.3 is 0 Å². The van der Waals surface area contributed by atoms with Gasteiger partial charge in [-0.3, -0.25) is 0 Å². The van der Waals surface area contributed by atoms with Crippen molar-refractivity contribution in [2.75, 3.05) is 0 Å². The zero-order valence-corrected chi connectivity index (χ0v) is 10.0. The van der Waals surface area contributed by atoms with Crippen LogP contribution in [0, 0.1) is 0 Å². The van der Waals surface area contributed by atoms with Gasteiger partial charge in [0.05, 0.1) is 0 Å². The second-order valence-electron chi connectivity index (χ2n) is 3.32. The van der Waals surface area contributed by atoms with Gasteiger partial charge in [-0.25, -0.2) is 0 Å². The average molecular weight is 211 g/mol. The summed E-state index contributed by atoms with van der Waals surface area (Å²) in [5.74, 6) is 0. The Balaban J connectivity index is 0.000000184. The van der Waals surface area contributed by atoms with Crippen molar-refractivity contribution in [1.82, 2.24) is 0 Å². The standard InChI is InChI=1S/C9H8.C2H7ClSi/c1-2-5-9-7-3-6-8(9)4-1;1-4(2)3/h1-6H,7H2;4H,1-2H3. The number of benzene rings is 1. The van der Waals surface area contributed by atoms with Gasteiger partial charge in [0.15, 0.2) is 0 Å². The molecule has 0 spiro atoms. The molecule has 13 heavy (non-hydrogen) atoms. The summed E-state index contributed by atoms with van der Waals surface area (Å²) in [6.07, 6.45) is 5.50. The summed E-state index contributed by atoms with van der Waals surface area (Å²) >= 11 is 5.41. The fraction of sp³-hybridized carbons (Fsp3) is 0.273. The van der Waals surface area contributed by atoms with Crippen LogP contribution in [0.4, 0.5) is 0 Å². The monoisotopic (exact) mass is 210 g/mol. The van der Waals surface area contributed by atoms with E-state index in [1.165, 1.54) is 11.1 Å². The number of rotatable bonds is 0. The lowest BCUT2D eigenvalue weighted by molar-refractivity contribution is 1.31. The molecule has 0 N–H and O–H groups in total. The molecule has 2 rings (SSSR count). The molecule has 0 amide bonds. The van der Waals surface area contributed by atoms with Crippen LogP contribution in [0.25, 0.3) is 6.08 Å². The molecule has 0 bridgehead atoms. The fourth-order valence-corrected chi connectivity index (χ4v) is 1.20. The van der Waals surface area contributed by atoms with E-state index >= 15 is 0 Å². The number of fused-ring (bicyclic) bond motifs is 1. The topological polar surface area (TPSA) is 0 Å². The van der Waals surface area contributed by atoms with Crippen molar-refractivity contribution in [2.45, 2.75) is 19.5 Å². The summed E-state index contributed by atoms with van der Waals surface area (Å²) in [4.78, 5) is 0. The molecule has 0 aliphatic heterocycles. The highest BCUT2D eigenvalue weighted by Crippen LogP contribution is 2.17. The Morgan fingerprint density at radius 3 is 2.46 bits per heavy atom. The smallest absolute Gasteiger partial charge is 0.134 e. The molecule has 1 aromatic rings. The minimum Gasteiger partial charge on any atom is -0.172 e. The first-order valence-corrected chi connectivity index (χ1v) is 8.64. The van der Waals surface area contributed by atoms with Gasteiger partial charge in [0, 0.05) is 0 Å². The molecule has 0 fully saturated rings. The van der Waals surface area contributed by atoms with Crippen molar-refractivity contribution in [3.63, 3.8) is 0 Å². The van der Waals surface area contributed by atoms with Crippen LogP contribution in [0.1, 0.15) is 11.1 Å². The third kappa shape index (κ3) is 3.79. The van der Waals surface area contributed by atoms with Crippen LogP contribution in [0.3, 0.4) is 0 Å². The molecule has 1 aliphatic carbocycles. The summed E-state index contributed by atoms with van der Waals surface area (Å²) in [6, 6.07) is 8.49. The molecule has 0 saturated heterocycles. The van der Waals surface area contributed by atoms with Crippen LogP contribution >= 0.6 is 11.1 Å². The van der Waals surface area contributed by atoms with Gasteiger partial charge >= 0.3 is 0 Å². The van der Waals surface area contributed by atoms with Gasteiger partial charge in [-0.2, -0.15) is 11.1 Å². The fourth-order valence-electron chi connectivity index (χ4n) is 1.20. The molecule has 1 aromatic carbocycles. The van der Waals surface area contributed by atoms with E-state index in [0.29, 0.717) is 0 Å². The highest BCUT2D eigenvalue weighted by molar-refractivity contribution is 7.05. The van der Waals surface area contributed by atoms with Crippen LogP contribution in [0.5, 0.6) is 0 Å². The number of hydrogen-bond acceptors (Lipinski definition) is 0. The Kier molecular flexibility index (Phi) is 4.26.